The first-order valence-corrected chi connectivity index (χ1v) is 6.78. The van der Waals surface area contributed by atoms with Gasteiger partial charge in [-0.15, -0.1) is 0 Å². The molecule has 2 rings (SSSR count). The third-order valence-corrected chi connectivity index (χ3v) is 4.12. The SMILES string of the molecule is O=C1CCSCC1C(O)c1ccc([N+](=O)[O-])cc1. The Morgan fingerprint density at radius 1 is 1.39 bits per heavy atom. The van der Waals surface area contributed by atoms with Gasteiger partial charge < -0.3 is 5.11 Å². The van der Waals surface area contributed by atoms with Crippen LogP contribution in [-0.2, 0) is 4.79 Å². The molecule has 0 saturated carbocycles. The lowest BCUT2D eigenvalue weighted by molar-refractivity contribution is -0.384. The van der Waals surface area contributed by atoms with Crippen molar-refractivity contribution in [1.82, 2.24) is 0 Å². The van der Waals surface area contributed by atoms with Crippen LogP contribution in [-0.4, -0.2) is 27.3 Å². The number of Topliss-reactive ketones (excluding diaryl/α,β-unsaturated/α-hetero) is 1. The topological polar surface area (TPSA) is 80.4 Å². The van der Waals surface area contributed by atoms with Gasteiger partial charge in [0.1, 0.15) is 5.78 Å². The van der Waals surface area contributed by atoms with E-state index in [0.29, 0.717) is 17.7 Å². The third kappa shape index (κ3) is 2.70. The Labute approximate surface area is 108 Å². The van der Waals surface area contributed by atoms with Gasteiger partial charge in [0.05, 0.1) is 16.9 Å². The summed E-state index contributed by atoms with van der Waals surface area (Å²) >= 11 is 1.65. The van der Waals surface area contributed by atoms with Gasteiger partial charge in [-0.2, -0.15) is 11.8 Å². The number of nitro groups is 1. The van der Waals surface area contributed by atoms with E-state index in [9.17, 15) is 20.0 Å². The minimum absolute atomic E-state index is 0.0182. The number of hydrogen-bond donors (Lipinski definition) is 1. The van der Waals surface area contributed by atoms with Gasteiger partial charge in [0.2, 0.25) is 0 Å². The molecule has 1 aromatic carbocycles. The number of carbonyl (C=O) groups excluding carboxylic acids is 1. The summed E-state index contributed by atoms with van der Waals surface area (Å²) in [5.41, 5.74) is 0.539. The van der Waals surface area contributed by atoms with Crippen molar-refractivity contribution < 1.29 is 14.8 Å². The van der Waals surface area contributed by atoms with Crippen LogP contribution in [0.25, 0.3) is 0 Å². The summed E-state index contributed by atoms with van der Waals surface area (Å²) in [6.45, 7) is 0. The number of hydrogen-bond acceptors (Lipinski definition) is 5. The van der Waals surface area contributed by atoms with Crippen LogP contribution >= 0.6 is 11.8 Å². The second-order valence-corrected chi connectivity index (χ2v) is 5.34. The Bertz CT molecular complexity index is 460. The minimum atomic E-state index is -0.869. The Morgan fingerprint density at radius 3 is 2.61 bits per heavy atom. The summed E-state index contributed by atoms with van der Waals surface area (Å²) < 4.78 is 0. The van der Waals surface area contributed by atoms with Gasteiger partial charge in [-0.25, -0.2) is 0 Å². The fourth-order valence-electron chi connectivity index (χ4n) is 1.95. The van der Waals surface area contributed by atoms with Crippen molar-refractivity contribution in [3.05, 3.63) is 39.9 Å². The second kappa shape index (κ2) is 5.49. The molecule has 1 N–H and O–H groups in total. The summed E-state index contributed by atoms with van der Waals surface area (Å²) in [6, 6.07) is 5.71. The molecule has 5 nitrogen and oxygen atoms in total. The molecule has 1 aliphatic heterocycles. The average molecular weight is 267 g/mol. The molecule has 1 saturated heterocycles. The fraction of sp³-hybridized carbons (Fsp3) is 0.417. The lowest BCUT2D eigenvalue weighted by Crippen LogP contribution is -2.28. The highest BCUT2D eigenvalue weighted by molar-refractivity contribution is 7.99. The molecule has 0 aliphatic carbocycles. The highest BCUT2D eigenvalue weighted by Crippen LogP contribution is 2.31. The van der Waals surface area contributed by atoms with Crippen molar-refractivity contribution in [3.63, 3.8) is 0 Å². The first-order chi connectivity index (χ1) is 8.59. The van der Waals surface area contributed by atoms with Crippen LogP contribution in [0.4, 0.5) is 5.69 Å². The zero-order chi connectivity index (χ0) is 13.1. The van der Waals surface area contributed by atoms with Gasteiger partial charge in [-0.1, -0.05) is 0 Å². The number of aliphatic hydroxyl groups excluding tert-OH is 1. The van der Waals surface area contributed by atoms with Gasteiger partial charge in [0.25, 0.3) is 5.69 Å². The van der Waals surface area contributed by atoms with Crippen molar-refractivity contribution >= 4 is 23.2 Å². The summed E-state index contributed by atoms with van der Waals surface area (Å²) in [6.07, 6.45) is -0.384. The Kier molecular flexibility index (Phi) is 3.98. The lowest BCUT2D eigenvalue weighted by atomic mass is 9.92. The maximum atomic E-state index is 11.7. The molecule has 1 heterocycles. The molecule has 0 bridgehead atoms. The number of nitro benzene ring substituents is 1. The van der Waals surface area contributed by atoms with Crippen LogP contribution in [0.2, 0.25) is 0 Å². The normalized spacial score (nSPS) is 21.6. The number of rotatable bonds is 3. The van der Waals surface area contributed by atoms with Crippen LogP contribution in [0.15, 0.2) is 24.3 Å². The highest BCUT2D eigenvalue weighted by atomic mass is 32.2. The predicted molar refractivity (Wildman–Crippen MR) is 68.5 cm³/mol. The first-order valence-electron chi connectivity index (χ1n) is 5.62. The number of thioether (sulfide) groups is 1. The largest absolute Gasteiger partial charge is 0.388 e. The van der Waals surface area contributed by atoms with Crippen molar-refractivity contribution in [2.24, 2.45) is 5.92 Å². The van der Waals surface area contributed by atoms with Crippen molar-refractivity contribution in [2.75, 3.05) is 11.5 Å². The number of aliphatic hydroxyl groups is 1. The number of ketones is 1. The number of carbonyl (C=O) groups is 1. The van der Waals surface area contributed by atoms with Crippen LogP contribution in [0.1, 0.15) is 18.1 Å². The van der Waals surface area contributed by atoms with E-state index in [4.69, 9.17) is 0 Å². The summed E-state index contributed by atoms with van der Waals surface area (Å²) in [5.74, 6) is 1.09. The van der Waals surface area contributed by atoms with E-state index >= 15 is 0 Å². The Morgan fingerprint density at radius 2 is 2.06 bits per heavy atom. The summed E-state index contributed by atoms with van der Waals surface area (Å²) in [5, 5.41) is 20.7. The second-order valence-electron chi connectivity index (χ2n) is 4.19. The average Bonchev–Trinajstić information content (AvgIpc) is 2.38. The molecule has 0 aromatic heterocycles. The standard InChI is InChI=1S/C12H13NO4S/c14-11-5-6-18-7-10(11)12(15)8-1-3-9(4-2-8)13(16)17/h1-4,10,12,15H,5-7H2. The monoisotopic (exact) mass is 267 g/mol. The first kappa shape index (κ1) is 13.0. The number of non-ortho nitro benzene ring substituents is 1. The minimum Gasteiger partial charge on any atom is -0.388 e. The van der Waals surface area contributed by atoms with E-state index in [1.54, 1.807) is 11.8 Å². The molecule has 6 heteroatoms. The smallest absolute Gasteiger partial charge is 0.269 e. The van der Waals surface area contributed by atoms with Crippen LogP contribution in [0.5, 0.6) is 0 Å². The van der Waals surface area contributed by atoms with Gasteiger partial charge in [0, 0.05) is 30.1 Å². The Balaban J connectivity index is 2.15. The lowest BCUT2D eigenvalue weighted by Gasteiger charge is -2.25. The molecule has 0 radical (unpaired) electrons. The molecule has 96 valence electrons. The zero-order valence-electron chi connectivity index (χ0n) is 9.61. The van der Waals surface area contributed by atoms with Crippen LogP contribution in [0.3, 0.4) is 0 Å². The van der Waals surface area contributed by atoms with Crippen LogP contribution < -0.4 is 0 Å². The number of nitrogens with zero attached hydrogens (tertiary/aromatic N) is 1. The maximum Gasteiger partial charge on any atom is 0.269 e. The molecule has 1 aromatic rings. The van der Waals surface area contributed by atoms with Gasteiger partial charge >= 0.3 is 0 Å². The predicted octanol–water partition coefficient (Wildman–Crippen LogP) is 1.95. The van der Waals surface area contributed by atoms with E-state index in [1.165, 1.54) is 24.3 Å². The van der Waals surface area contributed by atoms with E-state index in [2.05, 4.69) is 0 Å². The van der Waals surface area contributed by atoms with Crippen LogP contribution in [0, 0.1) is 16.0 Å². The maximum absolute atomic E-state index is 11.7. The summed E-state index contributed by atoms with van der Waals surface area (Å²) in [4.78, 5) is 21.7. The molecule has 1 aliphatic rings. The highest BCUT2D eigenvalue weighted by Gasteiger charge is 2.30. The molecule has 0 amide bonds. The molecule has 2 unspecified atom stereocenters. The third-order valence-electron chi connectivity index (χ3n) is 3.03. The van der Waals surface area contributed by atoms with Crippen molar-refractivity contribution in [1.29, 1.82) is 0 Å². The van der Waals surface area contributed by atoms with E-state index in [0.717, 1.165) is 5.75 Å². The van der Waals surface area contributed by atoms with Gasteiger partial charge in [-0.3, -0.25) is 14.9 Å². The molecule has 2 atom stereocenters. The van der Waals surface area contributed by atoms with Crippen molar-refractivity contribution in [2.45, 2.75) is 12.5 Å². The summed E-state index contributed by atoms with van der Waals surface area (Å²) in [7, 11) is 0. The molecular weight excluding hydrogens is 254 g/mol. The fourth-order valence-corrected chi connectivity index (χ4v) is 3.09. The van der Waals surface area contributed by atoms with Gasteiger partial charge in [0.15, 0.2) is 0 Å². The zero-order valence-corrected chi connectivity index (χ0v) is 10.4. The molecule has 0 spiro atoms. The van der Waals surface area contributed by atoms with Gasteiger partial charge in [-0.05, 0) is 17.7 Å². The van der Waals surface area contributed by atoms with Crippen molar-refractivity contribution in [3.8, 4) is 0 Å². The van der Waals surface area contributed by atoms with E-state index < -0.39 is 16.9 Å². The molecule has 1 fully saturated rings. The molecular formula is C12H13NO4S. The van der Waals surface area contributed by atoms with E-state index in [-0.39, 0.29) is 11.5 Å². The quantitative estimate of drug-likeness (QED) is 0.668. The molecule has 18 heavy (non-hydrogen) atoms. The Hall–Kier alpha value is -1.40. The van der Waals surface area contributed by atoms with E-state index in [1.807, 2.05) is 0 Å². The number of benzene rings is 1.